The van der Waals surface area contributed by atoms with Gasteiger partial charge < -0.3 is 19.5 Å². The molecule has 8 nitrogen and oxygen atoms in total. The zero-order chi connectivity index (χ0) is 24.9. The van der Waals surface area contributed by atoms with Gasteiger partial charge in [-0.2, -0.15) is 5.10 Å². The summed E-state index contributed by atoms with van der Waals surface area (Å²) in [6.45, 7) is 2.03. The number of fused-ring (bicyclic) bond motifs is 5. The van der Waals surface area contributed by atoms with Crippen LogP contribution in [0.25, 0.3) is 0 Å². The minimum Gasteiger partial charge on any atom is -0.393 e. The summed E-state index contributed by atoms with van der Waals surface area (Å²) in [5, 5.41) is 25.3. The third kappa shape index (κ3) is 4.18. The van der Waals surface area contributed by atoms with Crippen LogP contribution in [0.4, 0.5) is 0 Å². The van der Waals surface area contributed by atoms with Gasteiger partial charge in [-0.15, -0.1) is 0 Å². The molecular formula is C26H40N3O5+. The molecule has 0 aromatic heterocycles. The number of allylic oxidation sites excluding steroid dienone is 2. The topological polar surface area (TPSA) is 116 Å². The lowest BCUT2D eigenvalue weighted by atomic mass is 9.45. The molecule has 4 aliphatic rings. The van der Waals surface area contributed by atoms with E-state index in [2.05, 4.69) is 23.5 Å². The number of carbonyl (C=O) groups is 3. The molecular weight excluding hydrogens is 434 g/mol. The first-order chi connectivity index (χ1) is 15.9. The number of hydrogen-bond acceptors (Lipinski definition) is 6. The molecule has 0 radical (unpaired) electrons. The van der Waals surface area contributed by atoms with Crippen LogP contribution in [0.3, 0.4) is 0 Å². The quantitative estimate of drug-likeness (QED) is 0.306. The van der Waals surface area contributed by atoms with E-state index in [1.807, 2.05) is 21.1 Å². The molecule has 7 atom stereocenters. The third-order valence-corrected chi connectivity index (χ3v) is 9.22. The number of carbonyl (C=O) groups excluding carboxylic acids is 3. The van der Waals surface area contributed by atoms with Gasteiger partial charge in [0.25, 0.3) is 5.91 Å². The maximum absolute atomic E-state index is 12.5. The van der Waals surface area contributed by atoms with Crippen molar-refractivity contribution in [2.24, 2.45) is 39.6 Å². The number of likely N-dealkylation sites (N-methyl/N-ethyl adjacent to an activating group) is 1. The minimum absolute atomic E-state index is 0.0304. The summed E-state index contributed by atoms with van der Waals surface area (Å²) in [5.41, 5.74) is 3.78. The van der Waals surface area contributed by atoms with Gasteiger partial charge in [-0.05, 0) is 74.2 Å². The highest BCUT2D eigenvalue weighted by Crippen LogP contribution is 2.66. The fraction of sp³-hybridized carbons (Fsp3) is 0.769. The molecule has 34 heavy (non-hydrogen) atoms. The lowest BCUT2D eigenvalue weighted by molar-refractivity contribution is -0.862. The largest absolute Gasteiger partial charge is 0.393 e. The number of nitrogens with zero attached hydrogens (tertiary/aromatic N) is 2. The Hall–Kier alpha value is -1.90. The van der Waals surface area contributed by atoms with Crippen molar-refractivity contribution in [1.29, 1.82) is 0 Å². The van der Waals surface area contributed by atoms with Crippen LogP contribution in [0, 0.1) is 34.5 Å². The first-order valence-electron chi connectivity index (χ1n) is 12.6. The molecule has 3 fully saturated rings. The van der Waals surface area contributed by atoms with Crippen LogP contribution in [0.1, 0.15) is 51.9 Å². The van der Waals surface area contributed by atoms with Crippen LogP contribution in [0.15, 0.2) is 16.8 Å². The molecule has 0 saturated heterocycles. The van der Waals surface area contributed by atoms with Gasteiger partial charge in [0.15, 0.2) is 12.3 Å². The molecule has 0 heterocycles. The maximum atomic E-state index is 12.5. The fourth-order valence-corrected chi connectivity index (χ4v) is 7.88. The van der Waals surface area contributed by atoms with Crippen molar-refractivity contribution in [3.8, 4) is 0 Å². The summed E-state index contributed by atoms with van der Waals surface area (Å²) in [7, 11) is 5.88. The summed E-state index contributed by atoms with van der Waals surface area (Å²) < 4.78 is 0.533. The smallest absolute Gasteiger partial charge is 0.295 e. The molecule has 1 amide bonds. The summed E-state index contributed by atoms with van der Waals surface area (Å²) >= 11 is 0. The Bertz CT molecular complexity index is 922. The number of hydrazone groups is 1. The van der Waals surface area contributed by atoms with Gasteiger partial charge >= 0.3 is 0 Å². The second-order valence-corrected chi connectivity index (χ2v) is 12.3. The van der Waals surface area contributed by atoms with Gasteiger partial charge in [0.1, 0.15) is 12.9 Å². The monoisotopic (exact) mass is 474 g/mol. The Morgan fingerprint density at radius 3 is 2.62 bits per heavy atom. The van der Waals surface area contributed by atoms with E-state index in [0.717, 1.165) is 44.1 Å². The lowest BCUT2D eigenvalue weighted by Crippen LogP contribution is -2.58. The van der Waals surface area contributed by atoms with Crippen molar-refractivity contribution in [2.45, 2.75) is 58.0 Å². The van der Waals surface area contributed by atoms with Crippen molar-refractivity contribution in [3.05, 3.63) is 11.6 Å². The zero-order valence-electron chi connectivity index (χ0n) is 20.9. The zero-order valence-corrected chi connectivity index (χ0v) is 20.9. The van der Waals surface area contributed by atoms with E-state index in [9.17, 15) is 24.6 Å². The van der Waals surface area contributed by atoms with Gasteiger partial charge in [0.2, 0.25) is 0 Å². The van der Waals surface area contributed by atoms with Crippen LogP contribution in [0.2, 0.25) is 0 Å². The SMILES string of the molecule is C[C@]12CC/C(=N/NC(=O)C[N+](C)(C)C)C=C1CC[C@@H]1[C@@H]2[C@@H](O)C[C@]2(C=O)[C@@H](C(=O)CO)CC[C@@H]12. The van der Waals surface area contributed by atoms with Gasteiger partial charge in [0.05, 0.1) is 33.0 Å². The molecule has 8 heteroatoms. The predicted octanol–water partition coefficient (Wildman–Crippen LogP) is 1.46. The average Bonchev–Trinajstić information content (AvgIpc) is 3.15. The number of nitrogens with one attached hydrogen (secondary N) is 1. The molecule has 4 aliphatic carbocycles. The minimum atomic E-state index is -0.852. The molecule has 4 rings (SSSR count). The molecule has 0 unspecified atom stereocenters. The van der Waals surface area contributed by atoms with Crippen LogP contribution < -0.4 is 5.43 Å². The Balaban J connectivity index is 1.56. The van der Waals surface area contributed by atoms with Crippen LogP contribution in [0.5, 0.6) is 0 Å². The van der Waals surface area contributed by atoms with Crippen molar-refractivity contribution in [2.75, 3.05) is 34.3 Å². The van der Waals surface area contributed by atoms with Crippen molar-refractivity contribution >= 4 is 23.7 Å². The fourth-order valence-electron chi connectivity index (χ4n) is 7.88. The predicted molar refractivity (Wildman–Crippen MR) is 128 cm³/mol. The van der Waals surface area contributed by atoms with Crippen molar-refractivity contribution in [3.63, 3.8) is 0 Å². The molecule has 0 aromatic carbocycles. The molecule has 0 aliphatic heterocycles. The van der Waals surface area contributed by atoms with E-state index in [1.165, 1.54) is 5.57 Å². The Kier molecular flexibility index (Phi) is 6.64. The van der Waals surface area contributed by atoms with E-state index >= 15 is 0 Å². The van der Waals surface area contributed by atoms with Gasteiger partial charge in [-0.3, -0.25) is 9.59 Å². The first-order valence-corrected chi connectivity index (χ1v) is 12.6. The second kappa shape index (κ2) is 8.95. The van der Waals surface area contributed by atoms with Gasteiger partial charge in [-0.25, -0.2) is 5.43 Å². The second-order valence-electron chi connectivity index (χ2n) is 12.3. The van der Waals surface area contributed by atoms with Gasteiger partial charge in [0, 0.05) is 11.3 Å². The molecule has 188 valence electrons. The maximum Gasteiger partial charge on any atom is 0.295 e. The molecule has 0 spiro atoms. The number of aldehydes is 1. The molecule has 3 N–H and O–H groups in total. The summed E-state index contributed by atoms with van der Waals surface area (Å²) in [5.74, 6) is -0.591. The number of aliphatic hydroxyl groups is 2. The molecule has 0 aromatic rings. The number of ketones is 1. The Morgan fingerprint density at radius 2 is 1.97 bits per heavy atom. The average molecular weight is 475 g/mol. The van der Waals surface area contributed by atoms with E-state index in [1.54, 1.807) is 0 Å². The number of aliphatic hydroxyl groups excluding tert-OH is 2. The Labute approximate surface area is 202 Å². The number of amides is 1. The van der Waals surface area contributed by atoms with Crippen LogP contribution in [-0.2, 0) is 14.4 Å². The highest BCUT2D eigenvalue weighted by molar-refractivity contribution is 5.97. The third-order valence-electron chi connectivity index (χ3n) is 9.22. The highest BCUT2D eigenvalue weighted by Gasteiger charge is 2.64. The van der Waals surface area contributed by atoms with Gasteiger partial charge in [-0.1, -0.05) is 12.5 Å². The van der Waals surface area contributed by atoms with E-state index in [4.69, 9.17) is 0 Å². The standard InChI is InChI=1S/C26H39N3O5/c1-25-10-9-17(27-28-23(34)13-29(2,3)4)11-16(25)5-6-18-19-7-8-20(22(33)14-30)26(19,15-31)12-21(32)24(18)25/h11,15,18-21,24,30,32H,5-10,12-14H2,1-4H3/p+1/b27-17-/t18-,19-,20+,21-,24+,25-,26+/m0/s1. The number of quaternary nitrogens is 1. The lowest BCUT2D eigenvalue weighted by Gasteiger charge is -2.59. The van der Waals surface area contributed by atoms with E-state index < -0.39 is 24.0 Å². The summed E-state index contributed by atoms with van der Waals surface area (Å²) in [6.07, 6.45) is 7.35. The molecule has 3 saturated carbocycles. The number of Topliss-reactive ketones (excluding diaryl/α,β-unsaturated/α-hetero) is 1. The Morgan fingerprint density at radius 1 is 1.24 bits per heavy atom. The molecule has 0 bridgehead atoms. The van der Waals surface area contributed by atoms with E-state index in [0.29, 0.717) is 23.9 Å². The van der Waals surface area contributed by atoms with Crippen LogP contribution >= 0.6 is 0 Å². The van der Waals surface area contributed by atoms with Crippen LogP contribution in [-0.4, -0.2) is 78.8 Å². The van der Waals surface area contributed by atoms with Crippen molar-refractivity contribution < 1.29 is 29.1 Å². The number of hydrogen-bond donors (Lipinski definition) is 3. The summed E-state index contributed by atoms with van der Waals surface area (Å²) in [4.78, 5) is 37.1. The first kappa shape index (κ1) is 25.2. The number of rotatable bonds is 6. The normalized spacial score (nSPS) is 40.6. The summed E-state index contributed by atoms with van der Waals surface area (Å²) in [6, 6.07) is 0. The highest BCUT2D eigenvalue weighted by atomic mass is 16.3. The van der Waals surface area contributed by atoms with Crippen molar-refractivity contribution in [1.82, 2.24) is 5.43 Å². The van der Waals surface area contributed by atoms with E-state index in [-0.39, 0.29) is 34.9 Å².